The van der Waals surface area contributed by atoms with E-state index in [4.69, 9.17) is 23.2 Å². The van der Waals surface area contributed by atoms with E-state index in [0.717, 1.165) is 31.9 Å². The zero-order chi connectivity index (χ0) is 21.1. The van der Waals surface area contributed by atoms with Crippen molar-refractivity contribution in [2.75, 3.05) is 0 Å². The van der Waals surface area contributed by atoms with Crippen molar-refractivity contribution in [1.82, 2.24) is 19.3 Å². The second-order valence-corrected chi connectivity index (χ2v) is 7.58. The van der Waals surface area contributed by atoms with Crippen LogP contribution in [0.1, 0.15) is 25.6 Å². The Balaban J connectivity index is 2.00. The summed E-state index contributed by atoms with van der Waals surface area (Å²) in [6.45, 7) is 1.84. The molecule has 0 atom stereocenters. The normalized spacial score (nSPS) is 15.2. The molecule has 0 spiro atoms. The Kier molecular flexibility index (Phi) is 4.77. The average Bonchev–Trinajstić information content (AvgIpc) is 3.16. The lowest BCUT2D eigenvalue weighted by Gasteiger charge is -2.17. The fourth-order valence-corrected chi connectivity index (χ4v) is 4.04. The molecule has 2 aromatic heterocycles. The molecule has 1 aliphatic rings. The van der Waals surface area contributed by atoms with Crippen LogP contribution < -0.4 is 5.56 Å². The first-order valence-corrected chi connectivity index (χ1v) is 9.48. The Labute approximate surface area is 171 Å². The predicted molar refractivity (Wildman–Crippen MR) is 103 cm³/mol. The third-order valence-electron chi connectivity index (χ3n) is 4.90. The van der Waals surface area contributed by atoms with Gasteiger partial charge in [-0.25, -0.2) is 14.1 Å². The Morgan fingerprint density at radius 1 is 1.21 bits per heavy atom. The fourth-order valence-electron chi connectivity index (χ4n) is 3.45. The molecule has 4 rings (SSSR count). The van der Waals surface area contributed by atoms with Crippen LogP contribution in [0.3, 0.4) is 0 Å². The van der Waals surface area contributed by atoms with E-state index < -0.39 is 23.1 Å². The SMILES string of the molecule is C/C(=C/c1nc2c(Cl)cc(F)c(-c3c(Cl)n4n(c3=O)CCCC4)c2[nH]1)C(F)(F)F. The fraction of sp³-hybridized carbons (Fsp3) is 0.333. The van der Waals surface area contributed by atoms with E-state index in [1.165, 1.54) is 4.68 Å². The number of nitrogens with one attached hydrogen (secondary N) is 1. The van der Waals surface area contributed by atoms with Crippen molar-refractivity contribution in [3.63, 3.8) is 0 Å². The number of alkyl halides is 3. The summed E-state index contributed by atoms with van der Waals surface area (Å²) in [6.07, 6.45) is -2.15. The first-order valence-electron chi connectivity index (χ1n) is 8.72. The highest BCUT2D eigenvalue weighted by atomic mass is 35.5. The number of H-pyrrole nitrogens is 1. The van der Waals surface area contributed by atoms with Crippen LogP contribution in [0.15, 0.2) is 16.4 Å². The largest absolute Gasteiger partial charge is 0.412 e. The minimum Gasteiger partial charge on any atom is -0.338 e. The van der Waals surface area contributed by atoms with Gasteiger partial charge in [0.2, 0.25) is 0 Å². The minimum absolute atomic E-state index is 0.0128. The van der Waals surface area contributed by atoms with E-state index >= 15 is 0 Å². The number of rotatable bonds is 2. The smallest absolute Gasteiger partial charge is 0.338 e. The van der Waals surface area contributed by atoms with E-state index in [2.05, 4.69) is 9.97 Å². The maximum absolute atomic E-state index is 14.9. The number of benzene rings is 1. The lowest BCUT2D eigenvalue weighted by atomic mass is 10.1. The van der Waals surface area contributed by atoms with Gasteiger partial charge in [0, 0.05) is 18.7 Å². The van der Waals surface area contributed by atoms with Crippen LogP contribution in [0.2, 0.25) is 10.2 Å². The quantitative estimate of drug-likeness (QED) is 0.533. The third-order valence-corrected chi connectivity index (χ3v) is 5.58. The van der Waals surface area contributed by atoms with Crippen LogP contribution in [0.25, 0.3) is 28.2 Å². The van der Waals surface area contributed by atoms with Crippen LogP contribution in [-0.2, 0) is 13.1 Å². The molecule has 0 amide bonds. The molecule has 29 heavy (non-hydrogen) atoms. The number of imidazole rings is 1. The van der Waals surface area contributed by atoms with Crippen LogP contribution in [0.5, 0.6) is 0 Å². The van der Waals surface area contributed by atoms with Gasteiger partial charge in [0.15, 0.2) is 0 Å². The van der Waals surface area contributed by atoms with Crippen molar-refractivity contribution in [3.8, 4) is 11.1 Å². The van der Waals surface area contributed by atoms with Crippen molar-refractivity contribution in [2.45, 2.75) is 39.0 Å². The van der Waals surface area contributed by atoms with E-state index in [1.807, 2.05) is 0 Å². The molecule has 1 aliphatic heterocycles. The first-order chi connectivity index (χ1) is 13.6. The molecule has 3 aromatic rings. The number of allylic oxidation sites excluding steroid dienone is 1. The number of aromatic nitrogens is 4. The molecule has 1 N–H and O–H groups in total. The van der Waals surface area contributed by atoms with Gasteiger partial charge in [-0.1, -0.05) is 23.2 Å². The van der Waals surface area contributed by atoms with Crippen molar-refractivity contribution >= 4 is 40.3 Å². The Morgan fingerprint density at radius 2 is 1.86 bits per heavy atom. The van der Waals surface area contributed by atoms with Gasteiger partial charge in [0.05, 0.1) is 21.7 Å². The topological polar surface area (TPSA) is 55.6 Å². The number of halogens is 6. The standard InChI is InChI=1S/C18H14Cl2F4N4O/c1-8(18(22,23)24)6-11-25-14-9(19)7-10(21)12(15(14)26-11)13-16(20)27-4-2-3-5-28(27)17(13)29/h6-7H,2-5H2,1H3,(H,25,26)/b8-6-. The number of fused-ring (bicyclic) bond motifs is 2. The van der Waals surface area contributed by atoms with Crippen LogP contribution in [-0.4, -0.2) is 25.5 Å². The van der Waals surface area contributed by atoms with E-state index in [1.54, 1.807) is 4.68 Å². The molecule has 0 aliphatic carbocycles. The summed E-state index contributed by atoms with van der Waals surface area (Å²) in [5, 5.41) is -0.0302. The van der Waals surface area contributed by atoms with Crippen molar-refractivity contribution in [2.24, 2.45) is 0 Å². The van der Waals surface area contributed by atoms with Gasteiger partial charge in [0.1, 0.15) is 22.3 Å². The second-order valence-electron chi connectivity index (χ2n) is 6.81. The number of hydrogen-bond donors (Lipinski definition) is 1. The maximum Gasteiger partial charge on any atom is 0.412 e. The maximum atomic E-state index is 14.9. The number of hydrogen-bond acceptors (Lipinski definition) is 2. The van der Waals surface area contributed by atoms with Gasteiger partial charge in [-0.2, -0.15) is 13.2 Å². The van der Waals surface area contributed by atoms with Gasteiger partial charge < -0.3 is 4.98 Å². The van der Waals surface area contributed by atoms with E-state index in [-0.39, 0.29) is 38.2 Å². The molecule has 0 saturated heterocycles. The summed E-state index contributed by atoms with van der Waals surface area (Å²) in [7, 11) is 0. The zero-order valence-corrected chi connectivity index (χ0v) is 16.5. The molecule has 1 aromatic carbocycles. The van der Waals surface area contributed by atoms with Crippen LogP contribution >= 0.6 is 23.2 Å². The van der Waals surface area contributed by atoms with Gasteiger partial charge in [-0.05, 0) is 31.9 Å². The predicted octanol–water partition coefficient (Wildman–Crippen LogP) is 5.40. The Hall–Kier alpha value is -2.26. The Bertz CT molecular complexity index is 1220. The lowest BCUT2D eigenvalue weighted by Crippen LogP contribution is -2.27. The van der Waals surface area contributed by atoms with E-state index in [0.29, 0.717) is 13.1 Å². The molecular formula is C18H14Cl2F4N4O. The lowest BCUT2D eigenvalue weighted by molar-refractivity contribution is -0.0903. The number of nitrogens with zero attached hydrogens (tertiary/aromatic N) is 3. The minimum atomic E-state index is -4.54. The second kappa shape index (κ2) is 6.91. The first kappa shape index (κ1) is 20.0. The molecule has 0 saturated carbocycles. The summed E-state index contributed by atoms with van der Waals surface area (Å²) in [4.78, 5) is 19.6. The highest BCUT2D eigenvalue weighted by Crippen LogP contribution is 2.37. The van der Waals surface area contributed by atoms with Crippen molar-refractivity contribution < 1.29 is 17.6 Å². The highest BCUT2D eigenvalue weighted by Gasteiger charge is 2.31. The molecule has 0 fully saturated rings. The van der Waals surface area contributed by atoms with Gasteiger partial charge in [0.25, 0.3) is 5.56 Å². The van der Waals surface area contributed by atoms with Crippen molar-refractivity contribution in [3.05, 3.63) is 43.8 Å². The monoisotopic (exact) mass is 448 g/mol. The molecule has 154 valence electrons. The van der Waals surface area contributed by atoms with Crippen LogP contribution in [0.4, 0.5) is 17.6 Å². The zero-order valence-electron chi connectivity index (χ0n) is 15.0. The molecule has 0 bridgehead atoms. The summed E-state index contributed by atoms with van der Waals surface area (Å²) >= 11 is 12.4. The van der Waals surface area contributed by atoms with Crippen LogP contribution in [0, 0.1) is 5.82 Å². The molecular weight excluding hydrogens is 435 g/mol. The summed E-state index contributed by atoms with van der Waals surface area (Å²) in [5.74, 6) is -0.986. The Morgan fingerprint density at radius 3 is 2.48 bits per heavy atom. The highest BCUT2D eigenvalue weighted by molar-refractivity contribution is 6.36. The van der Waals surface area contributed by atoms with Crippen molar-refractivity contribution in [1.29, 1.82) is 0 Å². The van der Waals surface area contributed by atoms with Gasteiger partial charge >= 0.3 is 6.18 Å². The molecule has 0 unspecified atom stereocenters. The summed E-state index contributed by atoms with van der Waals surface area (Å²) in [6, 6.07) is 0.973. The third kappa shape index (κ3) is 3.26. The average molecular weight is 449 g/mol. The number of aromatic amines is 1. The summed E-state index contributed by atoms with van der Waals surface area (Å²) in [5.41, 5.74) is -1.54. The van der Waals surface area contributed by atoms with E-state index in [9.17, 15) is 22.4 Å². The summed E-state index contributed by atoms with van der Waals surface area (Å²) < 4.78 is 56.5. The molecule has 3 heterocycles. The van der Waals surface area contributed by atoms with Gasteiger partial charge in [-0.3, -0.25) is 9.48 Å². The molecule has 11 heteroatoms. The molecule has 0 radical (unpaired) electrons. The van der Waals surface area contributed by atoms with Gasteiger partial charge in [-0.15, -0.1) is 0 Å². The molecule has 5 nitrogen and oxygen atoms in total.